The van der Waals surface area contributed by atoms with Gasteiger partial charge in [0.25, 0.3) is 0 Å². The second kappa shape index (κ2) is 18.7. The summed E-state index contributed by atoms with van der Waals surface area (Å²) in [6, 6.07) is 5.82. The highest BCUT2D eigenvalue weighted by Crippen LogP contribution is 2.29. The molecule has 12 heteroatoms. The van der Waals surface area contributed by atoms with Crippen molar-refractivity contribution in [2.45, 2.75) is 114 Å². The standard InChI is InChI=1S/C34H53N5O5S2/c1-23(25-13-15-26(16-14-25)30-24(2)36-22-46-30)37-32(42)28-20-27(40)21-39(28)33(43)31(34(3,4)45)38-29(41)12-8-7-11-19-44-18-10-6-5-9-17-35/h13-16,22-23,27-28,31,40,45H,5-12,17-21,35H2,1-4H3,(H,37,42)(H,38,41)/t23-,27+,28-,31?/m0/s1. The fourth-order valence-corrected chi connectivity index (χ4v) is 6.60. The molecule has 1 aromatic carbocycles. The van der Waals surface area contributed by atoms with Crippen LogP contribution in [0.1, 0.15) is 95.9 Å². The maximum Gasteiger partial charge on any atom is 0.247 e. The van der Waals surface area contributed by atoms with E-state index >= 15 is 0 Å². The Bertz CT molecular complexity index is 1250. The summed E-state index contributed by atoms with van der Waals surface area (Å²) < 4.78 is 4.78. The van der Waals surface area contributed by atoms with Gasteiger partial charge in [-0.05, 0) is 71.0 Å². The lowest BCUT2D eigenvalue weighted by molar-refractivity contribution is -0.142. The van der Waals surface area contributed by atoms with Crippen molar-refractivity contribution in [2.24, 2.45) is 5.73 Å². The van der Waals surface area contributed by atoms with Crippen molar-refractivity contribution >= 4 is 41.7 Å². The Hall–Kier alpha value is -2.51. The first-order valence-corrected chi connectivity index (χ1v) is 17.8. The van der Waals surface area contributed by atoms with Gasteiger partial charge < -0.3 is 31.1 Å². The number of carbonyl (C=O) groups is 3. The van der Waals surface area contributed by atoms with Crippen LogP contribution in [0.4, 0.5) is 0 Å². The molecule has 1 aliphatic heterocycles. The predicted octanol–water partition coefficient (Wildman–Crippen LogP) is 4.55. The van der Waals surface area contributed by atoms with Crippen LogP contribution in [0.5, 0.6) is 0 Å². The summed E-state index contributed by atoms with van der Waals surface area (Å²) in [6.07, 6.45) is 6.30. The minimum atomic E-state index is -0.966. The zero-order valence-electron chi connectivity index (χ0n) is 27.8. The number of nitrogens with zero attached hydrogens (tertiary/aromatic N) is 2. The van der Waals surface area contributed by atoms with Gasteiger partial charge >= 0.3 is 0 Å². The molecule has 0 spiro atoms. The van der Waals surface area contributed by atoms with Crippen molar-refractivity contribution in [3.8, 4) is 10.4 Å². The van der Waals surface area contributed by atoms with Gasteiger partial charge in [0.15, 0.2) is 0 Å². The van der Waals surface area contributed by atoms with Crippen molar-refractivity contribution in [3.63, 3.8) is 0 Å². The number of unbranched alkanes of at least 4 members (excludes halogenated alkanes) is 5. The highest BCUT2D eigenvalue weighted by molar-refractivity contribution is 7.81. The molecule has 3 amide bonds. The van der Waals surface area contributed by atoms with Crippen molar-refractivity contribution in [2.75, 3.05) is 26.3 Å². The number of thiazole rings is 1. The third-order valence-electron chi connectivity index (χ3n) is 8.34. The number of likely N-dealkylation sites (tertiary alicyclic amines) is 1. The van der Waals surface area contributed by atoms with Crippen LogP contribution >= 0.6 is 24.0 Å². The van der Waals surface area contributed by atoms with Gasteiger partial charge in [-0.3, -0.25) is 14.4 Å². The average molecular weight is 676 g/mol. The molecule has 0 bridgehead atoms. The first-order chi connectivity index (χ1) is 21.9. The zero-order chi connectivity index (χ0) is 33.7. The molecule has 10 nitrogen and oxygen atoms in total. The third kappa shape index (κ3) is 11.6. The van der Waals surface area contributed by atoms with Crippen LogP contribution in [0, 0.1) is 6.92 Å². The van der Waals surface area contributed by atoms with Crippen LogP contribution in [-0.4, -0.2) is 81.9 Å². The highest BCUT2D eigenvalue weighted by Gasteiger charge is 2.45. The molecule has 1 aromatic heterocycles. The van der Waals surface area contributed by atoms with E-state index in [0.717, 1.165) is 73.4 Å². The van der Waals surface area contributed by atoms with Crippen molar-refractivity contribution in [3.05, 3.63) is 41.0 Å². The van der Waals surface area contributed by atoms with Crippen LogP contribution < -0.4 is 16.4 Å². The topological polar surface area (TPSA) is 147 Å². The second-order valence-electron chi connectivity index (χ2n) is 12.8. The first kappa shape index (κ1) is 37.9. The van der Waals surface area contributed by atoms with Gasteiger partial charge in [0.1, 0.15) is 12.1 Å². The number of thiol groups is 1. The lowest BCUT2D eigenvalue weighted by Gasteiger charge is -2.35. The number of carbonyl (C=O) groups excluding carboxylic acids is 3. The number of amides is 3. The molecule has 0 radical (unpaired) electrons. The Labute approximate surface area is 283 Å². The van der Waals surface area contributed by atoms with Crippen LogP contribution in [-0.2, 0) is 19.1 Å². The Morgan fingerprint density at radius 2 is 1.74 bits per heavy atom. The molecular weight excluding hydrogens is 623 g/mol. The largest absolute Gasteiger partial charge is 0.391 e. The Morgan fingerprint density at radius 1 is 1.09 bits per heavy atom. The lowest BCUT2D eigenvalue weighted by atomic mass is 10.00. The molecule has 1 fully saturated rings. The Balaban J connectivity index is 1.51. The molecular formula is C34H53N5O5S2. The van der Waals surface area contributed by atoms with Crippen LogP contribution in [0.3, 0.4) is 0 Å². The van der Waals surface area contributed by atoms with Crippen LogP contribution in [0.2, 0.25) is 0 Å². The number of benzene rings is 1. The van der Waals surface area contributed by atoms with Gasteiger partial charge in [-0.1, -0.05) is 43.5 Å². The van der Waals surface area contributed by atoms with E-state index in [1.165, 1.54) is 4.90 Å². The number of aliphatic hydroxyl groups excluding tert-OH is 1. The summed E-state index contributed by atoms with van der Waals surface area (Å²) >= 11 is 6.22. The Morgan fingerprint density at radius 3 is 2.35 bits per heavy atom. The van der Waals surface area contributed by atoms with Crippen LogP contribution in [0.15, 0.2) is 29.8 Å². The number of nitrogens with one attached hydrogen (secondary N) is 2. The molecule has 3 rings (SSSR count). The number of hydrogen-bond acceptors (Lipinski definition) is 9. The second-order valence-corrected chi connectivity index (χ2v) is 14.8. The number of hydrogen-bond donors (Lipinski definition) is 5. The summed E-state index contributed by atoms with van der Waals surface area (Å²) in [5.41, 5.74) is 10.3. The summed E-state index contributed by atoms with van der Waals surface area (Å²) in [7, 11) is 0. The van der Waals surface area contributed by atoms with Crippen molar-refractivity contribution in [1.29, 1.82) is 0 Å². The molecule has 1 saturated heterocycles. The van der Waals surface area contributed by atoms with E-state index in [1.54, 1.807) is 25.2 Å². The fraction of sp³-hybridized carbons (Fsp3) is 0.647. The van der Waals surface area contributed by atoms with Gasteiger partial charge in [-0.15, -0.1) is 11.3 Å². The minimum absolute atomic E-state index is 0.0114. The molecule has 0 saturated carbocycles. The predicted molar refractivity (Wildman–Crippen MR) is 187 cm³/mol. The van der Waals surface area contributed by atoms with E-state index in [9.17, 15) is 19.5 Å². The smallest absolute Gasteiger partial charge is 0.247 e. The third-order valence-corrected chi connectivity index (χ3v) is 9.57. The zero-order valence-corrected chi connectivity index (χ0v) is 29.5. The molecule has 1 unspecified atom stereocenters. The van der Waals surface area contributed by atoms with E-state index in [-0.39, 0.29) is 37.2 Å². The van der Waals surface area contributed by atoms with Crippen molar-refractivity contribution in [1.82, 2.24) is 20.5 Å². The normalized spacial score (nSPS) is 17.9. The summed E-state index contributed by atoms with van der Waals surface area (Å²) in [5, 5.41) is 16.4. The summed E-state index contributed by atoms with van der Waals surface area (Å²) in [4.78, 5) is 47.0. The van der Waals surface area contributed by atoms with E-state index in [1.807, 2.05) is 43.6 Å². The molecule has 256 valence electrons. The number of rotatable bonds is 19. The lowest BCUT2D eigenvalue weighted by Crippen LogP contribution is -2.59. The van der Waals surface area contributed by atoms with Crippen LogP contribution in [0.25, 0.3) is 10.4 Å². The van der Waals surface area contributed by atoms with E-state index in [2.05, 4.69) is 28.2 Å². The van der Waals surface area contributed by atoms with E-state index < -0.39 is 28.8 Å². The van der Waals surface area contributed by atoms with Gasteiger partial charge in [0.2, 0.25) is 17.7 Å². The SMILES string of the molecule is Cc1ncsc1-c1ccc([C@H](C)NC(=O)[C@@H]2C[C@@H](O)CN2C(=O)C(NC(=O)CCCCCOCCCCCCN)C(C)(C)S)cc1. The highest BCUT2D eigenvalue weighted by atomic mass is 32.1. The molecule has 2 heterocycles. The number of nitrogens with two attached hydrogens (primary N) is 1. The number of aryl methyl sites for hydroxylation is 1. The number of ether oxygens (including phenoxy) is 1. The number of aromatic nitrogens is 1. The minimum Gasteiger partial charge on any atom is -0.391 e. The monoisotopic (exact) mass is 675 g/mol. The number of β-amino-alcohol motifs (C(OH)–C–C–N with tert-alkyl or cyclic N) is 1. The number of aliphatic hydroxyl groups is 1. The first-order valence-electron chi connectivity index (χ1n) is 16.5. The molecule has 0 aliphatic carbocycles. The van der Waals surface area contributed by atoms with E-state index in [4.69, 9.17) is 10.5 Å². The van der Waals surface area contributed by atoms with Crippen molar-refractivity contribution < 1.29 is 24.2 Å². The molecule has 4 atom stereocenters. The quantitative estimate of drug-likeness (QED) is 0.109. The summed E-state index contributed by atoms with van der Waals surface area (Å²) in [6.45, 7) is 9.54. The van der Waals surface area contributed by atoms with Gasteiger partial charge in [0.05, 0.1) is 28.2 Å². The van der Waals surface area contributed by atoms with Gasteiger partial charge in [-0.25, -0.2) is 4.98 Å². The average Bonchev–Trinajstić information content (AvgIpc) is 3.63. The summed E-state index contributed by atoms with van der Waals surface area (Å²) in [5.74, 6) is -1.02. The fourth-order valence-electron chi connectivity index (χ4n) is 5.61. The van der Waals surface area contributed by atoms with Gasteiger partial charge in [0, 0.05) is 37.3 Å². The molecule has 5 N–H and O–H groups in total. The maximum atomic E-state index is 13.8. The van der Waals surface area contributed by atoms with E-state index in [0.29, 0.717) is 13.0 Å². The molecule has 1 aliphatic rings. The molecule has 2 aromatic rings. The van der Waals surface area contributed by atoms with Gasteiger partial charge in [-0.2, -0.15) is 12.6 Å². The molecule has 46 heavy (non-hydrogen) atoms. The Kier molecular flexibility index (Phi) is 15.4. The maximum absolute atomic E-state index is 13.8.